The molecule has 1 aromatic carbocycles. The van der Waals surface area contributed by atoms with E-state index in [1.807, 2.05) is 19.2 Å². The third-order valence-corrected chi connectivity index (χ3v) is 3.56. The van der Waals surface area contributed by atoms with Crippen molar-refractivity contribution in [1.82, 2.24) is 9.55 Å². The molecule has 18 heavy (non-hydrogen) atoms. The molecule has 96 valence electrons. The molecule has 0 bridgehead atoms. The Hall–Kier alpha value is -1.42. The monoisotopic (exact) mass is 264 g/mol. The van der Waals surface area contributed by atoms with Gasteiger partial charge in [0, 0.05) is 18.4 Å². The van der Waals surface area contributed by atoms with Crippen LogP contribution in [0.2, 0.25) is 0 Å². The average molecular weight is 264 g/mol. The van der Waals surface area contributed by atoms with Crippen molar-refractivity contribution in [3.63, 3.8) is 0 Å². The quantitative estimate of drug-likeness (QED) is 0.833. The van der Waals surface area contributed by atoms with Crippen LogP contribution >= 0.6 is 12.2 Å². The second-order valence-electron chi connectivity index (χ2n) is 4.41. The number of halogens is 1. The minimum Gasteiger partial charge on any atom is -0.337 e. The van der Waals surface area contributed by atoms with E-state index in [0.29, 0.717) is 0 Å². The van der Waals surface area contributed by atoms with E-state index in [1.54, 1.807) is 6.07 Å². The molecule has 2 rings (SSSR count). The van der Waals surface area contributed by atoms with Crippen molar-refractivity contribution in [3.8, 4) is 0 Å². The van der Waals surface area contributed by atoms with Crippen LogP contribution in [0.15, 0.2) is 24.4 Å². The van der Waals surface area contributed by atoms with Crippen LogP contribution in [0.1, 0.15) is 23.7 Å². The Bertz CT molecular complexity index is 598. The fourth-order valence-electron chi connectivity index (χ4n) is 2.14. The maximum absolute atomic E-state index is 13.0. The molecule has 0 unspecified atom stereocenters. The number of nitrogens with one attached hydrogen (secondary N) is 1. The minimum atomic E-state index is -0.177. The van der Waals surface area contributed by atoms with Gasteiger partial charge in [-0.3, -0.25) is 0 Å². The second-order valence-corrected chi connectivity index (χ2v) is 4.80. The molecule has 0 radical (unpaired) electrons. The average Bonchev–Trinajstić information content (AvgIpc) is 2.69. The van der Waals surface area contributed by atoms with Gasteiger partial charge in [0.05, 0.1) is 0 Å². The Balaban J connectivity index is 2.16. The van der Waals surface area contributed by atoms with Gasteiger partial charge in [0.2, 0.25) is 0 Å². The zero-order valence-corrected chi connectivity index (χ0v) is 11.5. The van der Waals surface area contributed by atoms with E-state index in [9.17, 15) is 4.39 Å². The minimum absolute atomic E-state index is 0.177. The molecule has 0 spiro atoms. The molecule has 0 fully saturated rings. The summed E-state index contributed by atoms with van der Waals surface area (Å²) < 4.78 is 15.9. The van der Waals surface area contributed by atoms with Crippen LogP contribution < -0.4 is 0 Å². The number of aryl methyl sites for hydroxylation is 3. The van der Waals surface area contributed by atoms with Gasteiger partial charge in [-0.25, -0.2) is 4.39 Å². The molecule has 0 saturated carbocycles. The molecule has 4 heteroatoms. The van der Waals surface area contributed by atoms with Crippen molar-refractivity contribution < 1.29 is 4.39 Å². The van der Waals surface area contributed by atoms with E-state index in [-0.39, 0.29) is 5.82 Å². The van der Waals surface area contributed by atoms with Gasteiger partial charge in [0.25, 0.3) is 0 Å². The number of aromatic amines is 1. The van der Waals surface area contributed by atoms with Crippen molar-refractivity contribution >= 4 is 12.2 Å². The highest BCUT2D eigenvalue weighted by Gasteiger charge is 2.04. The first-order chi connectivity index (χ1) is 8.61. The van der Waals surface area contributed by atoms with E-state index in [2.05, 4.69) is 16.5 Å². The molecule has 1 aromatic heterocycles. The highest BCUT2D eigenvalue weighted by molar-refractivity contribution is 7.71. The normalized spacial score (nSPS) is 10.8. The van der Waals surface area contributed by atoms with Crippen LogP contribution in [-0.2, 0) is 19.4 Å². The number of imidazole rings is 1. The Labute approximate surface area is 111 Å². The Morgan fingerprint density at radius 3 is 2.83 bits per heavy atom. The molecule has 0 aliphatic carbocycles. The smallest absolute Gasteiger partial charge is 0.177 e. The molecule has 1 heterocycles. The van der Waals surface area contributed by atoms with Crippen LogP contribution in [-0.4, -0.2) is 9.55 Å². The summed E-state index contributed by atoms with van der Waals surface area (Å²) in [5, 5.41) is 0. The molecule has 2 nitrogen and oxygen atoms in total. The lowest BCUT2D eigenvalue weighted by molar-refractivity contribution is 0.621. The lowest BCUT2D eigenvalue weighted by Gasteiger charge is -2.09. The molecule has 0 saturated heterocycles. The highest BCUT2D eigenvalue weighted by atomic mass is 32.1. The first-order valence-corrected chi connectivity index (χ1v) is 6.54. The summed E-state index contributed by atoms with van der Waals surface area (Å²) in [4.78, 5) is 3.07. The van der Waals surface area contributed by atoms with Crippen molar-refractivity contribution in [2.45, 2.75) is 33.2 Å². The van der Waals surface area contributed by atoms with E-state index in [0.717, 1.165) is 29.7 Å². The van der Waals surface area contributed by atoms with Crippen LogP contribution in [0.5, 0.6) is 0 Å². The predicted octanol–water partition coefficient (Wildman–Crippen LogP) is 3.80. The summed E-state index contributed by atoms with van der Waals surface area (Å²) >= 11 is 5.26. The van der Waals surface area contributed by atoms with Gasteiger partial charge >= 0.3 is 0 Å². The largest absolute Gasteiger partial charge is 0.337 e. The summed E-state index contributed by atoms with van der Waals surface area (Å²) in [6.07, 6.45) is 3.78. The standard InChI is InChI=1S/C14H17FN2S/c1-3-13-9-16-14(18)17(13)7-6-11-4-5-12(15)8-10(11)2/h4-5,8-9H,3,6-7H2,1-2H3,(H,16,18). The molecular weight excluding hydrogens is 247 g/mol. The first-order valence-electron chi connectivity index (χ1n) is 6.14. The lowest BCUT2D eigenvalue weighted by atomic mass is 10.1. The van der Waals surface area contributed by atoms with Crippen LogP contribution in [0, 0.1) is 17.5 Å². The van der Waals surface area contributed by atoms with Crippen molar-refractivity contribution in [1.29, 1.82) is 0 Å². The molecule has 1 N–H and O–H groups in total. The zero-order chi connectivity index (χ0) is 13.1. The maximum Gasteiger partial charge on any atom is 0.177 e. The lowest BCUT2D eigenvalue weighted by Crippen LogP contribution is -2.06. The topological polar surface area (TPSA) is 20.7 Å². The summed E-state index contributed by atoms with van der Waals surface area (Å²) in [6, 6.07) is 4.94. The van der Waals surface area contributed by atoms with Gasteiger partial charge in [-0.05, 0) is 55.2 Å². The predicted molar refractivity (Wildman–Crippen MR) is 73.8 cm³/mol. The Kier molecular flexibility index (Phi) is 3.97. The third kappa shape index (κ3) is 2.70. The fraction of sp³-hybridized carbons (Fsp3) is 0.357. The van der Waals surface area contributed by atoms with E-state index >= 15 is 0 Å². The molecule has 0 atom stereocenters. The number of hydrogen-bond donors (Lipinski definition) is 1. The van der Waals surface area contributed by atoms with Gasteiger partial charge in [0.15, 0.2) is 4.77 Å². The molecule has 0 amide bonds. The van der Waals surface area contributed by atoms with Gasteiger partial charge < -0.3 is 9.55 Å². The number of nitrogens with zero attached hydrogens (tertiary/aromatic N) is 1. The summed E-state index contributed by atoms with van der Waals surface area (Å²) in [5.41, 5.74) is 3.37. The molecule has 2 aromatic rings. The third-order valence-electron chi connectivity index (χ3n) is 3.23. The summed E-state index contributed by atoms with van der Waals surface area (Å²) in [5.74, 6) is -0.177. The van der Waals surface area contributed by atoms with Crippen molar-refractivity contribution in [2.75, 3.05) is 0 Å². The molecule has 0 aliphatic rings. The summed E-state index contributed by atoms with van der Waals surface area (Å²) in [7, 11) is 0. The van der Waals surface area contributed by atoms with Crippen LogP contribution in [0.3, 0.4) is 0 Å². The number of rotatable bonds is 4. The Morgan fingerprint density at radius 2 is 2.17 bits per heavy atom. The zero-order valence-electron chi connectivity index (χ0n) is 10.7. The van der Waals surface area contributed by atoms with Gasteiger partial charge in [-0.1, -0.05) is 13.0 Å². The summed E-state index contributed by atoms with van der Waals surface area (Å²) in [6.45, 7) is 4.88. The van der Waals surface area contributed by atoms with Crippen LogP contribution in [0.25, 0.3) is 0 Å². The van der Waals surface area contributed by atoms with Crippen LogP contribution in [0.4, 0.5) is 4.39 Å². The highest BCUT2D eigenvalue weighted by Crippen LogP contribution is 2.13. The number of benzene rings is 1. The van der Waals surface area contributed by atoms with Gasteiger partial charge in [0.1, 0.15) is 5.82 Å². The van der Waals surface area contributed by atoms with Crippen molar-refractivity contribution in [2.24, 2.45) is 0 Å². The van der Waals surface area contributed by atoms with Crippen molar-refractivity contribution in [3.05, 3.63) is 51.8 Å². The fourth-order valence-corrected chi connectivity index (χ4v) is 2.41. The SMILES string of the molecule is CCc1c[nH]c(=S)n1CCc1ccc(F)cc1C. The van der Waals surface area contributed by atoms with Gasteiger partial charge in [-0.15, -0.1) is 0 Å². The molecule has 0 aliphatic heterocycles. The second kappa shape index (κ2) is 5.48. The number of aromatic nitrogens is 2. The van der Waals surface area contributed by atoms with E-state index in [1.165, 1.54) is 17.3 Å². The number of hydrogen-bond acceptors (Lipinski definition) is 1. The van der Waals surface area contributed by atoms with E-state index in [4.69, 9.17) is 12.2 Å². The van der Waals surface area contributed by atoms with Gasteiger partial charge in [-0.2, -0.15) is 0 Å². The first kappa shape index (κ1) is 13.0. The number of H-pyrrole nitrogens is 1. The Morgan fingerprint density at radius 1 is 1.39 bits per heavy atom. The molecular formula is C14H17FN2S. The maximum atomic E-state index is 13.0. The van der Waals surface area contributed by atoms with E-state index < -0.39 is 0 Å².